The summed E-state index contributed by atoms with van der Waals surface area (Å²) in [6.07, 6.45) is 1.70. The zero-order chi connectivity index (χ0) is 14.7. The minimum absolute atomic E-state index is 0.0107. The van der Waals surface area contributed by atoms with E-state index in [0.717, 1.165) is 18.4 Å². The summed E-state index contributed by atoms with van der Waals surface area (Å²) in [7, 11) is 0. The van der Waals surface area contributed by atoms with Crippen LogP contribution < -0.4 is 5.32 Å². The monoisotopic (exact) mass is 296 g/mol. The van der Waals surface area contributed by atoms with Crippen LogP contribution in [0.15, 0.2) is 16.8 Å². The topological polar surface area (TPSA) is 69.6 Å². The van der Waals surface area contributed by atoms with Gasteiger partial charge in [-0.25, -0.2) is 9.59 Å². The Hall–Kier alpha value is -1.56. The second kappa shape index (κ2) is 6.26. The van der Waals surface area contributed by atoms with Crippen molar-refractivity contribution in [3.8, 4) is 0 Å². The van der Waals surface area contributed by atoms with E-state index in [-0.39, 0.29) is 18.0 Å². The molecule has 1 saturated heterocycles. The van der Waals surface area contributed by atoms with Gasteiger partial charge in [0, 0.05) is 6.54 Å². The lowest BCUT2D eigenvalue weighted by molar-refractivity contribution is -0.145. The van der Waals surface area contributed by atoms with Gasteiger partial charge in [-0.3, -0.25) is 0 Å². The van der Waals surface area contributed by atoms with E-state index < -0.39 is 12.0 Å². The number of nitrogens with zero attached hydrogens (tertiary/aromatic N) is 1. The largest absolute Gasteiger partial charge is 0.480 e. The number of carboxylic acid groups (broad SMARTS) is 1. The van der Waals surface area contributed by atoms with Crippen LogP contribution in [0.5, 0.6) is 0 Å². The highest BCUT2D eigenvalue weighted by Gasteiger charge is 2.37. The molecule has 1 aromatic rings. The Bertz CT molecular complexity index is 475. The van der Waals surface area contributed by atoms with Gasteiger partial charge in [0.15, 0.2) is 0 Å². The first kappa shape index (κ1) is 14.8. The van der Waals surface area contributed by atoms with E-state index in [4.69, 9.17) is 0 Å². The number of thiophene rings is 1. The van der Waals surface area contributed by atoms with Gasteiger partial charge in [-0.05, 0) is 48.1 Å². The molecule has 5 nitrogen and oxygen atoms in total. The van der Waals surface area contributed by atoms with Crippen molar-refractivity contribution in [3.05, 3.63) is 22.4 Å². The maximum atomic E-state index is 12.3. The van der Waals surface area contributed by atoms with Crippen LogP contribution in [-0.2, 0) is 4.79 Å². The SMILES string of the molecule is CC(NC(=O)N1CCCC(C)C1C(=O)O)c1ccsc1. The van der Waals surface area contributed by atoms with Gasteiger partial charge in [0.2, 0.25) is 0 Å². The molecule has 3 atom stereocenters. The van der Waals surface area contributed by atoms with Crippen molar-refractivity contribution >= 4 is 23.3 Å². The molecule has 0 spiro atoms. The van der Waals surface area contributed by atoms with Crippen molar-refractivity contribution in [1.82, 2.24) is 10.2 Å². The van der Waals surface area contributed by atoms with Gasteiger partial charge < -0.3 is 15.3 Å². The van der Waals surface area contributed by atoms with Gasteiger partial charge in [-0.15, -0.1) is 0 Å². The third-order valence-electron chi connectivity index (χ3n) is 3.83. The number of amides is 2. The third kappa shape index (κ3) is 3.12. The molecule has 2 heterocycles. The summed E-state index contributed by atoms with van der Waals surface area (Å²) in [6, 6.07) is 0.838. The summed E-state index contributed by atoms with van der Waals surface area (Å²) >= 11 is 1.58. The smallest absolute Gasteiger partial charge is 0.326 e. The summed E-state index contributed by atoms with van der Waals surface area (Å²) in [5.74, 6) is -0.931. The molecule has 110 valence electrons. The van der Waals surface area contributed by atoms with Crippen molar-refractivity contribution in [2.75, 3.05) is 6.54 Å². The van der Waals surface area contributed by atoms with Crippen molar-refractivity contribution in [2.24, 2.45) is 5.92 Å². The summed E-state index contributed by atoms with van der Waals surface area (Å²) < 4.78 is 0. The molecule has 2 N–H and O–H groups in total. The molecule has 6 heteroatoms. The Balaban J connectivity index is 2.05. The van der Waals surface area contributed by atoms with E-state index in [1.807, 2.05) is 30.7 Å². The predicted octanol–water partition coefficient (Wildman–Crippen LogP) is 2.70. The lowest BCUT2D eigenvalue weighted by atomic mass is 9.91. The first-order valence-electron chi connectivity index (χ1n) is 6.82. The van der Waals surface area contributed by atoms with Gasteiger partial charge in [0.05, 0.1) is 6.04 Å². The summed E-state index contributed by atoms with van der Waals surface area (Å²) in [4.78, 5) is 25.2. The highest BCUT2D eigenvalue weighted by molar-refractivity contribution is 7.07. The zero-order valence-electron chi connectivity index (χ0n) is 11.7. The number of carboxylic acids is 1. The number of piperidine rings is 1. The summed E-state index contributed by atoms with van der Waals surface area (Å²) in [5.41, 5.74) is 1.04. The zero-order valence-corrected chi connectivity index (χ0v) is 12.5. The standard InChI is InChI=1S/C14H20N2O3S/c1-9-4-3-6-16(12(9)13(17)18)14(19)15-10(2)11-5-7-20-8-11/h5,7-10,12H,3-4,6H2,1-2H3,(H,15,19)(H,17,18). The second-order valence-corrected chi connectivity index (χ2v) is 6.10. The van der Waals surface area contributed by atoms with Gasteiger partial charge in [0.1, 0.15) is 6.04 Å². The van der Waals surface area contributed by atoms with Gasteiger partial charge >= 0.3 is 12.0 Å². The number of hydrogen-bond acceptors (Lipinski definition) is 3. The van der Waals surface area contributed by atoms with Crippen molar-refractivity contribution in [3.63, 3.8) is 0 Å². The van der Waals surface area contributed by atoms with Crippen LogP contribution in [0.2, 0.25) is 0 Å². The molecule has 3 unspecified atom stereocenters. The summed E-state index contributed by atoms with van der Waals surface area (Å²) in [5, 5.41) is 16.2. The fourth-order valence-electron chi connectivity index (χ4n) is 2.67. The number of urea groups is 1. The van der Waals surface area contributed by atoms with E-state index in [1.165, 1.54) is 4.90 Å². The van der Waals surface area contributed by atoms with Crippen LogP contribution in [0.25, 0.3) is 0 Å². The maximum Gasteiger partial charge on any atom is 0.326 e. The quantitative estimate of drug-likeness (QED) is 0.901. The number of likely N-dealkylation sites (tertiary alicyclic amines) is 1. The molecule has 0 aliphatic carbocycles. The van der Waals surface area contributed by atoms with E-state index in [0.29, 0.717) is 6.54 Å². The molecule has 0 aromatic carbocycles. The highest BCUT2D eigenvalue weighted by atomic mass is 32.1. The molecule has 0 radical (unpaired) electrons. The fourth-order valence-corrected chi connectivity index (χ4v) is 3.42. The summed E-state index contributed by atoms with van der Waals surface area (Å²) in [6.45, 7) is 4.30. The van der Waals surface area contributed by atoms with Crippen LogP contribution >= 0.6 is 11.3 Å². The predicted molar refractivity (Wildman–Crippen MR) is 77.8 cm³/mol. The van der Waals surface area contributed by atoms with E-state index in [1.54, 1.807) is 11.3 Å². The molecule has 20 heavy (non-hydrogen) atoms. The molecule has 1 aliphatic heterocycles. The number of rotatable bonds is 3. The van der Waals surface area contributed by atoms with Crippen LogP contribution in [0.3, 0.4) is 0 Å². The van der Waals surface area contributed by atoms with E-state index in [9.17, 15) is 14.7 Å². The van der Waals surface area contributed by atoms with Crippen LogP contribution in [-0.4, -0.2) is 34.6 Å². The van der Waals surface area contributed by atoms with Crippen molar-refractivity contribution < 1.29 is 14.7 Å². The number of aliphatic carboxylic acids is 1. The van der Waals surface area contributed by atoms with Crippen molar-refractivity contribution in [2.45, 2.75) is 38.8 Å². The molecule has 2 rings (SSSR count). The number of nitrogens with one attached hydrogen (secondary N) is 1. The Morgan fingerprint density at radius 3 is 2.90 bits per heavy atom. The lowest BCUT2D eigenvalue weighted by Gasteiger charge is -2.37. The minimum Gasteiger partial charge on any atom is -0.480 e. The van der Waals surface area contributed by atoms with E-state index in [2.05, 4.69) is 5.32 Å². The number of hydrogen-bond donors (Lipinski definition) is 2. The fraction of sp³-hybridized carbons (Fsp3) is 0.571. The normalized spacial score (nSPS) is 24.2. The maximum absolute atomic E-state index is 12.3. The van der Waals surface area contributed by atoms with Gasteiger partial charge in [0.25, 0.3) is 0 Å². The molecular weight excluding hydrogens is 276 g/mol. The van der Waals surface area contributed by atoms with Gasteiger partial charge in [-0.1, -0.05) is 6.92 Å². The van der Waals surface area contributed by atoms with Crippen LogP contribution in [0.1, 0.15) is 38.3 Å². The first-order chi connectivity index (χ1) is 9.50. The average molecular weight is 296 g/mol. The molecule has 2 amide bonds. The Morgan fingerprint density at radius 1 is 1.55 bits per heavy atom. The molecule has 0 bridgehead atoms. The number of carbonyl (C=O) groups is 2. The highest BCUT2D eigenvalue weighted by Crippen LogP contribution is 2.24. The molecule has 1 aromatic heterocycles. The average Bonchev–Trinajstić information content (AvgIpc) is 2.91. The van der Waals surface area contributed by atoms with E-state index >= 15 is 0 Å². The first-order valence-corrected chi connectivity index (χ1v) is 7.77. The molecular formula is C14H20N2O3S. The van der Waals surface area contributed by atoms with Crippen LogP contribution in [0, 0.1) is 5.92 Å². The molecule has 1 aliphatic rings. The minimum atomic E-state index is -0.921. The Labute approximate surface area is 122 Å². The molecule has 1 fully saturated rings. The third-order valence-corrected chi connectivity index (χ3v) is 4.53. The lowest BCUT2D eigenvalue weighted by Crippen LogP contribution is -2.55. The van der Waals surface area contributed by atoms with Crippen LogP contribution in [0.4, 0.5) is 4.79 Å². The number of carbonyl (C=O) groups excluding carboxylic acids is 1. The molecule has 0 saturated carbocycles. The second-order valence-electron chi connectivity index (χ2n) is 5.32. The Kier molecular flexibility index (Phi) is 4.65. The van der Waals surface area contributed by atoms with Gasteiger partial charge in [-0.2, -0.15) is 11.3 Å². The van der Waals surface area contributed by atoms with Crippen molar-refractivity contribution in [1.29, 1.82) is 0 Å². The Morgan fingerprint density at radius 2 is 2.30 bits per heavy atom.